The summed E-state index contributed by atoms with van der Waals surface area (Å²) >= 11 is 0. The second-order valence-electron chi connectivity index (χ2n) is 21.7. The van der Waals surface area contributed by atoms with E-state index in [1.165, 1.54) is 0 Å². The molecule has 6 amide bonds. The van der Waals surface area contributed by atoms with Crippen LogP contribution in [0.25, 0.3) is 0 Å². The highest BCUT2D eigenvalue weighted by molar-refractivity contribution is 5.97. The number of ketones is 3. The van der Waals surface area contributed by atoms with Crippen molar-refractivity contribution in [1.82, 2.24) is 41.7 Å². The van der Waals surface area contributed by atoms with Gasteiger partial charge < -0.3 is 46.8 Å². The normalized spacial score (nSPS) is 23.5. The van der Waals surface area contributed by atoms with Crippen LogP contribution in [-0.2, 0) is 49.6 Å². The highest BCUT2D eigenvalue weighted by atomic mass is 16.3. The molecule has 4 aliphatic heterocycles. The second kappa shape index (κ2) is 31.9. The van der Waals surface area contributed by atoms with Crippen LogP contribution in [0.15, 0.2) is 60.7 Å². The Labute approximate surface area is 472 Å². The zero-order valence-electron chi connectivity index (χ0n) is 47.2. The number of Topliss-reactive ketones (excluding diaryl/α,β-unsaturated/α-hetero) is 3. The van der Waals surface area contributed by atoms with Crippen molar-refractivity contribution in [2.75, 3.05) is 27.2 Å². The topological polar surface area (TPSA) is 253 Å². The summed E-state index contributed by atoms with van der Waals surface area (Å²) in [6, 6.07) is 13.1. The van der Waals surface area contributed by atoms with Gasteiger partial charge in [-0.15, -0.1) is 0 Å². The molecule has 18 nitrogen and oxygen atoms in total. The zero-order valence-corrected chi connectivity index (χ0v) is 47.2. The van der Waals surface area contributed by atoms with Crippen LogP contribution < -0.4 is 31.9 Å². The fourth-order valence-corrected chi connectivity index (χ4v) is 12.0. The Morgan fingerprint density at radius 2 is 1.18 bits per heavy atom. The molecule has 0 aromatic heterocycles. The Kier molecular flexibility index (Phi) is 24.9. The number of fused-ring (bicyclic) bond motifs is 2. The van der Waals surface area contributed by atoms with E-state index in [1.807, 2.05) is 44.2 Å². The third-order valence-electron chi connectivity index (χ3n) is 16.6. The fraction of sp³-hybridized carbons (Fsp3) is 0.597. The molecule has 7 N–H and O–H groups in total. The number of amides is 6. The van der Waals surface area contributed by atoms with E-state index in [2.05, 4.69) is 55.6 Å². The van der Waals surface area contributed by atoms with Crippen molar-refractivity contribution >= 4 is 52.8 Å². The molecule has 0 bridgehead atoms. The number of benzene rings is 2. The molecule has 0 aliphatic carbocycles. The molecule has 432 valence electrons. The van der Waals surface area contributed by atoms with Crippen molar-refractivity contribution < 1.29 is 48.3 Å². The van der Waals surface area contributed by atoms with Crippen LogP contribution in [0.3, 0.4) is 0 Å². The lowest BCUT2D eigenvalue weighted by atomic mass is 9.87. The molecule has 0 saturated carbocycles. The summed E-state index contributed by atoms with van der Waals surface area (Å²) in [6.07, 6.45) is 8.48. The molecular formula is C62H84N8O10. The summed E-state index contributed by atoms with van der Waals surface area (Å²) in [4.78, 5) is 126. The number of aliphatic hydroxyl groups is 1. The third-order valence-corrected chi connectivity index (χ3v) is 16.6. The molecular weight excluding hydrogens is 1020 g/mol. The summed E-state index contributed by atoms with van der Waals surface area (Å²) in [5, 5.41) is 27.8. The van der Waals surface area contributed by atoms with E-state index in [-0.39, 0.29) is 111 Å². The standard InChI is InChI=1S/C62H84N8O10/c1-5-48(63-3)58(76)67-56-43(28-31-45-33-36-50(69(45)61(56)79)52(73)38-27-41-20-13-11-14-21-41)30-35-47(72)24-17-9-7-8-10-18-26-54(75)65-39-19-25-53(74)55(42-22-15-12-16-23-42)66-60(78)51-37-34-46-32-29-44(40-71)57(62(80)70(46)51)68-59(77)49(6-2)64-4/h11-16,20-23,43-46,48-51,55-57,63-64,71H,5-6,17-19,24-40H2,1-4H3,(H,65,75)(H,66,78)(H,67,76)(H,68,77)/t43-,44-,45+,46+,48+,49+,50+,51+,55+,56+,57+/m1/s1. The summed E-state index contributed by atoms with van der Waals surface area (Å²) in [5.41, 5.74) is 1.65. The van der Waals surface area contributed by atoms with Gasteiger partial charge in [0.15, 0.2) is 11.6 Å². The average Bonchev–Trinajstić information content (AvgIpc) is 4.06. The van der Waals surface area contributed by atoms with E-state index in [4.69, 9.17) is 0 Å². The number of nitrogens with one attached hydrogen (secondary N) is 6. The van der Waals surface area contributed by atoms with Crippen LogP contribution in [-0.4, -0.2) is 143 Å². The van der Waals surface area contributed by atoms with E-state index in [0.29, 0.717) is 89.0 Å². The Morgan fingerprint density at radius 3 is 1.76 bits per heavy atom. The first-order valence-corrected chi connectivity index (χ1v) is 29.1. The number of carbonyl (C=O) groups is 9. The maximum atomic E-state index is 14.4. The number of hydrogen-bond donors (Lipinski definition) is 7. The van der Waals surface area contributed by atoms with Crippen LogP contribution >= 0.6 is 0 Å². The molecule has 80 heavy (non-hydrogen) atoms. The predicted octanol–water partition coefficient (Wildman–Crippen LogP) is 3.92. The highest BCUT2D eigenvalue weighted by Gasteiger charge is 2.49. The molecule has 2 aromatic rings. The van der Waals surface area contributed by atoms with Gasteiger partial charge in [-0.05, 0) is 126 Å². The number of carbonyl (C=O) groups excluding carboxylic acids is 9. The van der Waals surface area contributed by atoms with Crippen LogP contribution in [0.1, 0.15) is 153 Å². The SMILES string of the molecule is CC[C@H](NC)C(=O)N[C@@H]1C(=O)N2[C@@H](CC[C@@H]1CCC(=O)CCC#CC#CCCC(=O)NCCCC(=O)[C@@H](NC(=O)[C@@H]1CC[C@@H]3CC[C@H](CO)[C@H](NC(=O)[C@H](CC)NC)C(=O)N31)c1ccccc1)CC[C@H]2C(=O)CCc1ccccc1. The van der Waals surface area contributed by atoms with Gasteiger partial charge in [0, 0.05) is 76.1 Å². The van der Waals surface area contributed by atoms with E-state index < -0.39 is 60.0 Å². The molecule has 0 spiro atoms. The number of aryl methyl sites for hydroxylation is 1. The summed E-state index contributed by atoms with van der Waals surface area (Å²) in [5.74, 6) is 8.25. The van der Waals surface area contributed by atoms with Crippen LogP contribution in [0, 0.1) is 35.5 Å². The quantitative estimate of drug-likeness (QED) is 0.0473. The van der Waals surface area contributed by atoms with Gasteiger partial charge in [-0.25, -0.2) is 0 Å². The number of hydrogen-bond acceptors (Lipinski definition) is 12. The minimum atomic E-state index is -1.00. The minimum Gasteiger partial charge on any atom is -0.396 e. The largest absolute Gasteiger partial charge is 0.396 e. The zero-order chi connectivity index (χ0) is 57.6. The van der Waals surface area contributed by atoms with E-state index in [0.717, 1.165) is 12.0 Å². The maximum Gasteiger partial charge on any atom is 0.246 e. The van der Waals surface area contributed by atoms with Gasteiger partial charge in [0.05, 0.1) is 18.1 Å². The van der Waals surface area contributed by atoms with Crippen LogP contribution in [0.5, 0.6) is 0 Å². The summed E-state index contributed by atoms with van der Waals surface area (Å²) in [7, 11) is 3.37. The van der Waals surface area contributed by atoms with E-state index in [1.54, 1.807) is 54.2 Å². The third kappa shape index (κ3) is 17.1. The second-order valence-corrected chi connectivity index (χ2v) is 21.7. The van der Waals surface area contributed by atoms with Crippen LogP contribution in [0.4, 0.5) is 0 Å². The Morgan fingerprint density at radius 1 is 0.637 bits per heavy atom. The average molecular weight is 1100 g/mol. The first-order valence-electron chi connectivity index (χ1n) is 29.1. The monoisotopic (exact) mass is 1100 g/mol. The van der Waals surface area contributed by atoms with E-state index >= 15 is 0 Å². The highest BCUT2D eigenvalue weighted by Crippen LogP contribution is 2.37. The number of aliphatic hydroxyl groups excluding tert-OH is 1. The Balaban J connectivity index is 0.925. The fourth-order valence-electron chi connectivity index (χ4n) is 12.0. The number of likely N-dealkylation sites (N-methyl/N-ethyl adjacent to an activating group) is 2. The molecule has 2 aromatic carbocycles. The van der Waals surface area contributed by atoms with Crippen molar-refractivity contribution in [3.8, 4) is 23.7 Å². The first kappa shape index (κ1) is 62.5. The number of rotatable bonds is 28. The molecule has 4 fully saturated rings. The van der Waals surface area contributed by atoms with Crippen molar-refractivity contribution in [3.63, 3.8) is 0 Å². The molecule has 11 atom stereocenters. The first-order chi connectivity index (χ1) is 38.7. The Hall–Kier alpha value is -6.73. The summed E-state index contributed by atoms with van der Waals surface area (Å²) < 4.78 is 0. The number of nitrogens with zero attached hydrogens (tertiary/aromatic N) is 2. The lowest BCUT2D eigenvalue weighted by Gasteiger charge is -2.33. The maximum absolute atomic E-state index is 14.4. The van der Waals surface area contributed by atoms with Crippen molar-refractivity contribution in [2.24, 2.45) is 11.8 Å². The molecule has 18 heteroatoms. The van der Waals surface area contributed by atoms with Gasteiger partial charge in [-0.2, -0.15) is 0 Å². The van der Waals surface area contributed by atoms with Gasteiger partial charge in [0.2, 0.25) is 35.4 Å². The summed E-state index contributed by atoms with van der Waals surface area (Å²) in [6.45, 7) is 3.66. The lowest BCUT2D eigenvalue weighted by molar-refractivity contribution is -0.144. The van der Waals surface area contributed by atoms with Gasteiger partial charge >= 0.3 is 0 Å². The van der Waals surface area contributed by atoms with Gasteiger partial charge in [0.25, 0.3) is 0 Å². The predicted molar refractivity (Wildman–Crippen MR) is 303 cm³/mol. The van der Waals surface area contributed by atoms with E-state index in [9.17, 15) is 48.3 Å². The molecule has 4 heterocycles. The van der Waals surface area contributed by atoms with Crippen molar-refractivity contribution in [2.45, 2.75) is 197 Å². The molecule has 0 unspecified atom stereocenters. The van der Waals surface area contributed by atoms with Crippen molar-refractivity contribution in [3.05, 3.63) is 71.8 Å². The molecule has 4 aliphatic rings. The molecule has 6 rings (SSSR count). The van der Waals surface area contributed by atoms with Crippen molar-refractivity contribution in [1.29, 1.82) is 0 Å². The van der Waals surface area contributed by atoms with Gasteiger partial charge in [-0.1, -0.05) is 86.4 Å². The van der Waals surface area contributed by atoms with Gasteiger partial charge in [-0.3, -0.25) is 43.2 Å². The lowest BCUT2D eigenvalue weighted by Crippen LogP contribution is -2.58. The molecule has 0 radical (unpaired) electrons. The Bertz CT molecular complexity index is 2580. The minimum absolute atomic E-state index is 0.0114. The van der Waals surface area contributed by atoms with Gasteiger partial charge in [0.1, 0.15) is 30.0 Å². The molecule has 4 saturated heterocycles. The van der Waals surface area contributed by atoms with Crippen LogP contribution in [0.2, 0.25) is 0 Å². The smallest absolute Gasteiger partial charge is 0.246 e.